The fourth-order valence-corrected chi connectivity index (χ4v) is 14.5. The number of aliphatic hydroxyl groups is 1. The molecule has 0 saturated carbocycles. The zero-order valence-corrected chi connectivity index (χ0v) is 71.2. The number of carbonyl (C=O) groups is 4. The maximum atomic E-state index is 13.2. The van der Waals surface area contributed by atoms with E-state index in [1.807, 2.05) is 0 Å². The van der Waals surface area contributed by atoms with E-state index in [0.29, 0.717) is 25.7 Å². The second-order valence-electron chi connectivity index (χ2n) is 31.6. The van der Waals surface area contributed by atoms with Gasteiger partial charge in [0, 0.05) is 25.7 Å². The van der Waals surface area contributed by atoms with Crippen LogP contribution in [0.4, 0.5) is 0 Å². The summed E-state index contributed by atoms with van der Waals surface area (Å²) in [6, 6.07) is 0. The van der Waals surface area contributed by atoms with Gasteiger partial charge in [0.25, 0.3) is 0 Å². The van der Waals surface area contributed by atoms with Crippen molar-refractivity contribution in [1.29, 1.82) is 0 Å². The largest absolute Gasteiger partial charge is 0.472 e. The molecule has 0 aliphatic heterocycles. The van der Waals surface area contributed by atoms with Crippen molar-refractivity contribution >= 4 is 39.5 Å². The summed E-state index contributed by atoms with van der Waals surface area (Å²) in [4.78, 5) is 73.3. The van der Waals surface area contributed by atoms with Crippen molar-refractivity contribution in [2.24, 2.45) is 17.8 Å². The van der Waals surface area contributed by atoms with Gasteiger partial charge in [0.2, 0.25) is 0 Å². The second kappa shape index (κ2) is 76.5. The summed E-state index contributed by atoms with van der Waals surface area (Å²) in [6.07, 6.45) is 70.1. The molecule has 626 valence electrons. The topological polar surface area (TPSA) is 237 Å². The average Bonchev–Trinajstić information content (AvgIpc) is 0.900. The molecule has 106 heavy (non-hydrogen) atoms. The first-order chi connectivity index (χ1) is 51.3. The number of hydrogen-bond donors (Lipinski definition) is 3. The lowest BCUT2D eigenvalue weighted by molar-refractivity contribution is -0.161. The molecule has 7 atom stereocenters. The van der Waals surface area contributed by atoms with Gasteiger partial charge in [0.1, 0.15) is 19.3 Å². The van der Waals surface area contributed by atoms with Crippen molar-refractivity contribution in [2.75, 3.05) is 39.6 Å². The van der Waals surface area contributed by atoms with Gasteiger partial charge in [-0.05, 0) is 69.1 Å². The second-order valence-corrected chi connectivity index (χ2v) is 34.5. The Balaban J connectivity index is 5.29. The van der Waals surface area contributed by atoms with Crippen LogP contribution in [-0.4, -0.2) is 96.7 Å². The Labute approximate surface area is 650 Å². The molecule has 0 rings (SSSR count). The molecule has 19 heteroatoms. The van der Waals surface area contributed by atoms with Crippen LogP contribution in [0.5, 0.6) is 0 Å². The third kappa shape index (κ3) is 76.9. The van der Waals surface area contributed by atoms with E-state index in [1.54, 1.807) is 0 Å². The number of phosphoric ester groups is 2. The van der Waals surface area contributed by atoms with Crippen LogP contribution in [0, 0.1) is 17.8 Å². The van der Waals surface area contributed by atoms with Crippen LogP contribution in [-0.2, 0) is 65.4 Å². The Morgan fingerprint density at radius 3 is 0.840 bits per heavy atom. The number of esters is 4. The van der Waals surface area contributed by atoms with Gasteiger partial charge >= 0.3 is 39.5 Å². The van der Waals surface area contributed by atoms with Crippen molar-refractivity contribution in [3.05, 3.63) is 24.3 Å². The summed E-state index contributed by atoms with van der Waals surface area (Å²) in [5, 5.41) is 10.7. The van der Waals surface area contributed by atoms with E-state index in [4.69, 9.17) is 37.0 Å². The molecule has 0 aliphatic carbocycles. The molecule has 0 radical (unpaired) electrons. The fourth-order valence-electron chi connectivity index (χ4n) is 12.9. The van der Waals surface area contributed by atoms with Crippen LogP contribution in [0.25, 0.3) is 0 Å². The number of ether oxygens (including phenoxy) is 4. The summed E-state index contributed by atoms with van der Waals surface area (Å²) < 4.78 is 68.9. The number of hydrogen-bond acceptors (Lipinski definition) is 15. The van der Waals surface area contributed by atoms with Crippen molar-refractivity contribution < 1.29 is 80.2 Å². The lowest BCUT2D eigenvalue weighted by atomic mass is 9.99. The summed E-state index contributed by atoms with van der Waals surface area (Å²) >= 11 is 0. The van der Waals surface area contributed by atoms with Gasteiger partial charge in [-0.3, -0.25) is 37.3 Å². The highest BCUT2D eigenvalue weighted by Crippen LogP contribution is 2.45. The number of rotatable bonds is 83. The molecule has 0 aromatic heterocycles. The van der Waals surface area contributed by atoms with Gasteiger partial charge < -0.3 is 33.8 Å². The van der Waals surface area contributed by atoms with E-state index < -0.39 is 97.5 Å². The summed E-state index contributed by atoms with van der Waals surface area (Å²) in [6.45, 7) is 12.0. The fraction of sp³-hybridized carbons (Fsp3) is 0.908. The Kier molecular flexibility index (Phi) is 74.7. The highest BCUT2D eigenvalue weighted by atomic mass is 31.2. The predicted octanol–water partition coefficient (Wildman–Crippen LogP) is 26.0. The molecule has 0 heterocycles. The van der Waals surface area contributed by atoms with E-state index in [0.717, 1.165) is 120 Å². The Bertz CT molecular complexity index is 2140. The number of unbranched alkanes of at least 4 members (excludes halogenated alkanes) is 46. The van der Waals surface area contributed by atoms with E-state index in [1.165, 1.54) is 231 Å². The highest BCUT2D eigenvalue weighted by Gasteiger charge is 2.30. The first kappa shape index (κ1) is 104. The summed E-state index contributed by atoms with van der Waals surface area (Å²) in [5.41, 5.74) is 0. The minimum absolute atomic E-state index is 0.0846. The third-order valence-electron chi connectivity index (χ3n) is 20.5. The predicted molar refractivity (Wildman–Crippen MR) is 437 cm³/mol. The van der Waals surface area contributed by atoms with Gasteiger partial charge in [0.05, 0.1) is 26.4 Å². The van der Waals surface area contributed by atoms with Crippen LogP contribution in [0.3, 0.4) is 0 Å². The molecule has 0 amide bonds. The lowest BCUT2D eigenvalue weighted by Crippen LogP contribution is -2.30. The molecule has 0 aromatic carbocycles. The molecular formula is C87H166O17P2. The minimum atomic E-state index is -4.97. The number of aliphatic hydroxyl groups excluding tert-OH is 1. The van der Waals surface area contributed by atoms with Gasteiger partial charge in [-0.1, -0.05) is 381 Å². The molecule has 0 saturated heterocycles. The maximum Gasteiger partial charge on any atom is 0.472 e. The average molecular weight is 1550 g/mol. The molecule has 0 bridgehead atoms. The van der Waals surface area contributed by atoms with Crippen LogP contribution in [0.1, 0.15) is 434 Å². The number of carbonyl (C=O) groups excluding carboxylic acids is 4. The Hall–Kier alpha value is -2.46. The maximum absolute atomic E-state index is 13.2. The highest BCUT2D eigenvalue weighted by molar-refractivity contribution is 7.47. The van der Waals surface area contributed by atoms with Gasteiger partial charge in [0.15, 0.2) is 12.2 Å². The monoisotopic (exact) mass is 1550 g/mol. The molecule has 17 nitrogen and oxygen atoms in total. The summed E-state index contributed by atoms with van der Waals surface area (Å²) in [7, 11) is -9.94. The smallest absolute Gasteiger partial charge is 0.462 e. The molecule has 0 aromatic rings. The van der Waals surface area contributed by atoms with E-state index in [-0.39, 0.29) is 25.7 Å². The van der Waals surface area contributed by atoms with Gasteiger partial charge in [-0.25, -0.2) is 9.13 Å². The molecular weight excluding hydrogens is 1380 g/mol. The zero-order chi connectivity index (χ0) is 77.9. The lowest BCUT2D eigenvalue weighted by Gasteiger charge is -2.21. The van der Waals surface area contributed by atoms with Crippen LogP contribution >= 0.6 is 15.6 Å². The van der Waals surface area contributed by atoms with E-state index in [2.05, 4.69) is 72.8 Å². The Morgan fingerprint density at radius 2 is 0.557 bits per heavy atom. The third-order valence-corrected chi connectivity index (χ3v) is 22.4. The number of phosphoric acid groups is 2. The first-order valence-corrected chi connectivity index (χ1v) is 47.2. The van der Waals surface area contributed by atoms with Gasteiger partial charge in [-0.2, -0.15) is 0 Å². The Morgan fingerprint density at radius 1 is 0.311 bits per heavy atom. The quantitative estimate of drug-likeness (QED) is 0.0169. The number of allylic oxidation sites excluding steroid dienone is 4. The van der Waals surface area contributed by atoms with E-state index in [9.17, 15) is 43.2 Å². The normalized spacial score (nSPS) is 14.5. The van der Waals surface area contributed by atoms with Crippen molar-refractivity contribution in [3.8, 4) is 0 Å². The summed E-state index contributed by atoms with van der Waals surface area (Å²) in [5.74, 6) is 0.308. The van der Waals surface area contributed by atoms with Crippen LogP contribution in [0.2, 0.25) is 0 Å². The molecule has 0 fully saturated rings. The molecule has 4 unspecified atom stereocenters. The van der Waals surface area contributed by atoms with Crippen LogP contribution in [0.15, 0.2) is 24.3 Å². The first-order valence-electron chi connectivity index (χ1n) is 44.2. The standard InChI is InChI=1S/C87H166O17P2/c1-8-11-12-13-14-15-16-17-22-30-35-40-49-56-63-70-87(92)104-83(75-98-85(90)69-62-55-48-43-42-46-53-60-67-80(7)10-3)77-102-106(95,96)100-73-81(88)72-99-105(93,94)101-76-82(74-97-84(89)68-61-54-47-39-34-29-26-25-28-33-38-45-52-59-66-79(6)9-2)103-86(91)71-64-57-50-41-36-31-24-21-19-18-20-23-27-32-37-44-51-58-65-78(4)5/h15-17,22,78-83,88H,8-14,18-21,23-77H2,1-7H3,(H,93,94)(H,95,96)/b16-15-,22-17-/t79?,80?,81-,82-,83-/m1/s1. The van der Waals surface area contributed by atoms with Gasteiger partial charge in [-0.15, -0.1) is 0 Å². The van der Waals surface area contributed by atoms with Crippen molar-refractivity contribution in [1.82, 2.24) is 0 Å². The van der Waals surface area contributed by atoms with Crippen molar-refractivity contribution in [3.63, 3.8) is 0 Å². The zero-order valence-electron chi connectivity index (χ0n) is 69.4. The molecule has 0 spiro atoms. The molecule has 0 aliphatic rings. The minimum Gasteiger partial charge on any atom is -0.462 e. The SMILES string of the molecule is CCCCCC/C=C\C=C/CCCCCCCC(=O)O[C@H](COC(=O)CCCCCCCCCCC(C)CC)COP(=O)(O)OC[C@H](O)COP(=O)(O)OC[C@@H](COC(=O)CCCCCCCCCCCCCCCCC(C)CC)OC(=O)CCCCCCCCCCCCCCCCCCCCC(C)C. The van der Waals surface area contributed by atoms with Crippen molar-refractivity contribution in [2.45, 2.75) is 452 Å². The molecule has 3 N–H and O–H groups in total. The van der Waals surface area contributed by atoms with Crippen LogP contribution < -0.4 is 0 Å². The van der Waals surface area contributed by atoms with E-state index >= 15 is 0 Å².